The number of rotatable bonds is 6. The van der Waals surface area contributed by atoms with Crippen LogP contribution in [0.2, 0.25) is 0 Å². The van der Waals surface area contributed by atoms with Gasteiger partial charge < -0.3 is 15.2 Å². The van der Waals surface area contributed by atoms with Crippen molar-refractivity contribution in [3.63, 3.8) is 0 Å². The number of hydrogen-bond acceptors (Lipinski definition) is 3. The largest absolute Gasteiger partial charge is 0.508 e. The first-order chi connectivity index (χ1) is 10.9. The van der Waals surface area contributed by atoms with Gasteiger partial charge in [0.15, 0.2) is 11.6 Å². The van der Waals surface area contributed by atoms with Crippen LogP contribution in [0.25, 0.3) is 0 Å². The summed E-state index contributed by atoms with van der Waals surface area (Å²) in [6.45, 7) is 2.20. The van der Waals surface area contributed by atoms with E-state index < -0.39 is 30.0 Å². The maximum Gasteiger partial charge on any atom is 0.495 e. The highest BCUT2D eigenvalue weighted by Gasteiger charge is 2.27. The maximum absolute atomic E-state index is 14.0. The summed E-state index contributed by atoms with van der Waals surface area (Å²) in [4.78, 5) is 0. The summed E-state index contributed by atoms with van der Waals surface area (Å²) in [5.74, 6) is -1.76. The molecule has 0 bridgehead atoms. The molecule has 1 fully saturated rings. The number of aromatic hydroxyl groups is 1. The molecule has 23 heavy (non-hydrogen) atoms. The lowest BCUT2D eigenvalue weighted by atomic mass is 9.76. The molecule has 128 valence electrons. The zero-order valence-electron chi connectivity index (χ0n) is 13.6. The zero-order valence-corrected chi connectivity index (χ0v) is 13.6. The van der Waals surface area contributed by atoms with Crippen molar-refractivity contribution in [3.05, 3.63) is 23.3 Å². The number of halogens is 2. The average Bonchev–Trinajstić information content (AvgIpc) is 2.51. The number of aryl methyl sites for hydroxylation is 1. The van der Waals surface area contributed by atoms with E-state index in [4.69, 9.17) is 10.0 Å². The zero-order chi connectivity index (χ0) is 17.0. The molecule has 1 saturated carbocycles. The topological polar surface area (TPSA) is 60.7 Å². The van der Waals surface area contributed by atoms with E-state index in [0.717, 1.165) is 31.2 Å². The fourth-order valence-electron chi connectivity index (χ4n) is 3.68. The van der Waals surface area contributed by atoms with Gasteiger partial charge in [-0.15, -0.1) is 0 Å². The van der Waals surface area contributed by atoms with Crippen LogP contribution in [0, 0.1) is 23.5 Å². The van der Waals surface area contributed by atoms with Crippen molar-refractivity contribution in [2.24, 2.45) is 11.8 Å². The highest BCUT2D eigenvalue weighted by molar-refractivity contribution is 6.59. The van der Waals surface area contributed by atoms with Crippen LogP contribution in [-0.2, 0) is 6.42 Å². The first-order valence-corrected chi connectivity index (χ1v) is 8.49. The number of phenolic OH excluding ortho intramolecular Hbond substituents is 1. The fraction of sp³-hybridized carbons (Fsp3) is 0.647. The van der Waals surface area contributed by atoms with Gasteiger partial charge in [0.2, 0.25) is 0 Å². The van der Waals surface area contributed by atoms with Gasteiger partial charge in [-0.05, 0) is 36.3 Å². The molecule has 0 saturated heterocycles. The van der Waals surface area contributed by atoms with Gasteiger partial charge in [-0.25, -0.2) is 8.78 Å². The third-order valence-electron chi connectivity index (χ3n) is 5.04. The Hall–Kier alpha value is -1.14. The third-order valence-corrected chi connectivity index (χ3v) is 5.04. The van der Waals surface area contributed by atoms with Crippen LogP contribution in [0.4, 0.5) is 8.78 Å². The van der Waals surface area contributed by atoms with Crippen molar-refractivity contribution in [2.45, 2.75) is 58.3 Å². The molecule has 0 radical (unpaired) electrons. The lowest BCUT2D eigenvalue weighted by Gasteiger charge is -2.28. The van der Waals surface area contributed by atoms with Gasteiger partial charge in [0.05, 0.1) is 5.46 Å². The van der Waals surface area contributed by atoms with E-state index >= 15 is 0 Å². The highest BCUT2D eigenvalue weighted by atomic mass is 19.2. The van der Waals surface area contributed by atoms with Crippen LogP contribution in [-0.4, -0.2) is 22.3 Å². The molecule has 1 aromatic carbocycles. The van der Waals surface area contributed by atoms with Crippen molar-refractivity contribution < 1.29 is 23.9 Å². The molecule has 3 nitrogen and oxygen atoms in total. The van der Waals surface area contributed by atoms with Gasteiger partial charge in [-0.2, -0.15) is 0 Å². The molecule has 0 aliphatic heterocycles. The Bertz CT molecular complexity index is 529. The maximum atomic E-state index is 14.0. The Kier molecular flexibility index (Phi) is 6.42. The van der Waals surface area contributed by atoms with Crippen molar-refractivity contribution in [1.82, 2.24) is 0 Å². The summed E-state index contributed by atoms with van der Waals surface area (Å²) in [5, 5.41) is 27.7. The molecule has 0 spiro atoms. The van der Waals surface area contributed by atoms with E-state index in [-0.39, 0.29) is 5.56 Å². The fourth-order valence-corrected chi connectivity index (χ4v) is 3.68. The van der Waals surface area contributed by atoms with Crippen LogP contribution in [0.5, 0.6) is 5.75 Å². The highest BCUT2D eigenvalue weighted by Crippen LogP contribution is 2.34. The Morgan fingerprint density at radius 3 is 2.13 bits per heavy atom. The minimum atomic E-state index is -2.23. The smallest absolute Gasteiger partial charge is 0.495 e. The predicted octanol–water partition coefficient (Wildman–Crippen LogP) is 2.89. The summed E-state index contributed by atoms with van der Waals surface area (Å²) < 4.78 is 27.8. The molecule has 0 unspecified atom stereocenters. The van der Waals surface area contributed by atoms with Gasteiger partial charge >= 0.3 is 7.12 Å². The normalized spacial score (nSPS) is 21.4. The van der Waals surface area contributed by atoms with Crippen LogP contribution in [0.1, 0.15) is 57.4 Å². The Morgan fingerprint density at radius 1 is 1.04 bits per heavy atom. The summed E-state index contributed by atoms with van der Waals surface area (Å²) in [6, 6.07) is 1.11. The van der Waals surface area contributed by atoms with Crippen LogP contribution < -0.4 is 5.46 Å². The SMILES string of the molecule is CCCC1CCC(CCc2cc(O)c(B(O)O)c(F)c2F)CC1. The van der Waals surface area contributed by atoms with E-state index in [1.165, 1.54) is 25.7 Å². The van der Waals surface area contributed by atoms with Crippen LogP contribution in [0.3, 0.4) is 0 Å². The van der Waals surface area contributed by atoms with Crippen molar-refractivity contribution in [2.75, 3.05) is 0 Å². The molecule has 3 N–H and O–H groups in total. The standard InChI is InChI=1S/C17H25BF2O3/c1-2-3-11-4-6-12(7-5-11)8-9-13-10-14(21)15(18(22)23)17(20)16(13)19/h10-12,21-23H,2-9H2,1H3. The van der Waals surface area contributed by atoms with E-state index in [2.05, 4.69) is 6.92 Å². The monoisotopic (exact) mass is 326 g/mol. The Morgan fingerprint density at radius 2 is 1.61 bits per heavy atom. The number of benzene rings is 1. The minimum absolute atomic E-state index is 0.0973. The summed E-state index contributed by atoms with van der Waals surface area (Å²) in [6.07, 6.45) is 8.24. The predicted molar refractivity (Wildman–Crippen MR) is 86.5 cm³/mol. The van der Waals surface area contributed by atoms with Crippen molar-refractivity contribution in [3.8, 4) is 5.75 Å². The molecule has 0 heterocycles. The number of hydrogen-bond donors (Lipinski definition) is 3. The minimum Gasteiger partial charge on any atom is -0.508 e. The van der Waals surface area contributed by atoms with Gasteiger partial charge in [-0.1, -0.05) is 45.4 Å². The van der Waals surface area contributed by atoms with Gasteiger partial charge in [0.1, 0.15) is 5.75 Å². The van der Waals surface area contributed by atoms with Crippen LogP contribution in [0.15, 0.2) is 6.07 Å². The van der Waals surface area contributed by atoms with E-state index in [1.54, 1.807) is 0 Å². The molecular formula is C17H25BF2O3. The summed E-state index contributed by atoms with van der Waals surface area (Å²) in [7, 11) is -2.23. The molecular weight excluding hydrogens is 301 g/mol. The quantitative estimate of drug-likeness (QED) is 0.705. The van der Waals surface area contributed by atoms with Crippen LogP contribution >= 0.6 is 0 Å². The first-order valence-electron chi connectivity index (χ1n) is 8.49. The average molecular weight is 326 g/mol. The molecule has 1 aliphatic carbocycles. The molecule has 0 amide bonds. The van der Waals surface area contributed by atoms with Gasteiger partial charge in [-0.3, -0.25) is 0 Å². The van der Waals surface area contributed by atoms with Crippen molar-refractivity contribution in [1.29, 1.82) is 0 Å². The first kappa shape index (κ1) is 18.2. The lowest BCUT2D eigenvalue weighted by Crippen LogP contribution is -2.34. The lowest BCUT2D eigenvalue weighted by molar-refractivity contribution is 0.251. The molecule has 0 aromatic heterocycles. The van der Waals surface area contributed by atoms with Gasteiger partial charge in [0.25, 0.3) is 0 Å². The van der Waals surface area contributed by atoms with Crippen molar-refractivity contribution >= 4 is 12.6 Å². The summed E-state index contributed by atoms with van der Waals surface area (Å²) in [5.41, 5.74) is -0.702. The molecule has 1 aromatic rings. The second-order valence-corrected chi connectivity index (χ2v) is 6.68. The Balaban J connectivity index is 1.97. The van der Waals surface area contributed by atoms with E-state index in [9.17, 15) is 13.9 Å². The molecule has 1 aliphatic rings. The summed E-state index contributed by atoms with van der Waals surface area (Å²) >= 11 is 0. The third kappa shape index (κ3) is 4.45. The Labute approximate surface area is 136 Å². The second kappa shape index (κ2) is 8.11. The molecule has 0 atom stereocenters. The number of phenols is 1. The van der Waals surface area contributed by atoms with Gasteiger partial charge in [0, 0.05) is 0 Å². The van der Waals surface area contributed by atoms with E-state index in [0.29, 0.717) is 12.3 Å². The van der Waals surface area contributed by atoms with E-state index in [1.807, 2.05) is 0 Å². The molecule has 6 heteroatoms. The molecule has 2 rings (SSSR count). The second-order valence-electron chi connectivity index (χ2n) is 6.68.